The zero-order valence-corrected chi connectivity index (χ0v) is 7.83. The minimum Gasteiger partial charge on any atom is -0.382 e. The molecule has 1 aliphatic heterocycles. The highest BCUT2D eigenvalue weighted by molar-refractivity contribution is 5.88. The maximum absolute atomic E-state index is 11.2. The standard InChI is InChI=1S/C8H16N2O2/c1-8(2,5-12-3)10-4-6(9)7(10)11/h6H,4-5,9H2,1-3H3. The molecule has 2 N–H and O–H groups in total. The van der Waals surface area contributed by atoms with Crippen molar-refractivity contribution in [2.24, 2.45) is 5.73 Å². The fraction of sp³-hybridized carbons (Fsp3) is 0.875. The Hall–Kier alpha value is -0.610. The van der Waals surface area contributed by atoms with Gasteiger partial charge in [0.2, 0.25) is 5.91 Å². The molecule has 70 valence electrons. The molecular weight excluding hydrogens is 156 g/mol. The third-order valence-electron chi connectivity index (χ3n) is 2.19. The number of methoxy groups -OCH3 is 1. The molecule has 1 rings (SSSR count). The number of hydrogen-bond acceptors (Lipinski definition) is 3. The third kappa shape index (κ3) is 1.44. The average molecular weight is 172 g/mol. The van der Waals surface area contributed by atoms with Crippen LogP contribution in [-0.4, -0.2) is 42.6 Å². The minimum atomic E-state index is -0.291. The molecule has 12 heavy (non-hydrogen) atoms. The number of likely N-dealkylation sites (tertiary alicyclic amines) is 1. The summed E-state index contributed by atoms with van der Waals surface area (Å²) < 4.78 is 5.01. The molecule has 0 saturated carbocycles. The van der Waals surface area contributed by atoms with E-state index >= 15 is 0 Å². The summed E-state index contributed by atoms with van der Waals surface area (Å²) in [6, 6.07) is -0.291. The Morgan fingerprint density at radius 2 is 2.33 bits per heavy atom. The van der Waals surface area contributed by atoms with Gasteiger partial charge in [-0.1, -0.05) is 0 Å². The van der Waals surface area contributed by atoms with Crippen LogP contribution in [0.3, 0.4) is 0 Å². The molecule has 4 heteroatoms. The molecule has 1 heterocycles. The van der Waals surface area contributed by atoms with Crippen molar-refractivity contribution < 1.29 is 9.53 Å². The SMILES string of the molecule is COCC(C)(C)N1CC(N)C1=O. The molecule has 0 aromatic rings. The van der Waals surface area contributed by atoms with E-state index in [-0.39, 0.29) is 17.5 Å². The molecule has 1 fully saturated rings. The second kappa shape index (κ2) is 3.03. The Labute approximate surface area is 72.7 Å². The van der Waals surface area contributed by atoms with Crippen molar-refractivity contribution in [3.63, 3.8) is 0 Å². The number of nitrogens with zero attached hydrogens (tertiary/aromatic N) is 1. The number of hydrogen-bond donors (Lipinski definition) is 1. The van der Waals surface area contributed by atoms with Gasteiger partial charge in [-0.2, -0.15) is 0 Å². The van der Waals surface area contributed by atoms with Crippen molar-refractivity contribution in [2.75, 3.05) is 20.3 Å². The van der Waals surface area contributed by atoms with Crippen molar-refractivity contribution in [3.05, 3.63) is 0 Å². The van der Waals surface area contributed by atoms with Crippen LogP contribution in [0, 0.1) is 0 Å². The first-order chi connectivity index (χ1) is 5.49. The van der Waals surface area contributed by atoms with Crippen LogP contribution in [0.5, 0.6) is 0 Å². The molecule has 1 amide bonds. The highest BCUT2D eigenvalue weighted by atomic mass is 16.5. The van der Waals surface area contributed by atoms with Gasteiger partial charge in [0, 0.05) is 13.7 Å². The van der Waals surface area contributed by atoms with Gasteiger partial charge in [0.1, 0.15) is 6.04 Å². The van der Waals surface area contributed by atoms with Crippen molar-refractivity contribution in [1.82, 2.24) is 4.90 Å². The summed E-state index contributed by atoms with van der Waals surface area (Å²) in [6.45, 7) is 5.14. The molecule has 0 aromatic heterocycles. The maximum Gasteiger partial charge on any atom is 0.241 e. The average Bonchev–Trinajstić information content (AvgIpc) is 1.99. The van der Waals surface area contributed by atoms with Crippen LogP contribution in [0.1, 0.15) is 13.8 Å². The lowest BCUT2D eigenvalue weighted by atomic mass is 9.96. The van der Waals surface area contributed by atoms with E-state index in [9.17, 15) is 4.79 Å². The van der Waals surface area contributed by atoms with E-state index in [1.54, 1.807) is 12.0 Å². The van der Waals surface area contributed by atoms with Crippen molar-refractivity contribution in [1.29, 1.82) is 0 Å². The summed E-state index contributed by atoms with van der Waals surface area (Å²) in [5, 5.41) is 0. The highest BCUT2D eigenvalue weighted by Crippen LogP contribution is 2.22. The van der Waals surface area contributed by atoms with Crippen LogP contribution in [-0.2, 0) is 9.53 Å². The number of ether oxygens (including phenoxy) is 1. The van der Waals surface area contributed by atoms with Gasteiger partial charge in [-0.15, -0.1) is 0 Å². The number of nitrogens with two attached hydrogens (primary N) is 1. The monoisotopic (exact) mass is 172 g/mol. The van der Waals surface area contributed by atoms with Gasteiger partial charge in [-0.05, 0) is 13.8 Å². The Morgan fingerprint density at radius 1 is 1.75 bits per heavy atom. The van der Waals surface area contributed by atoms with Gasteiger partial charge in [0.25, 0.3) is 0 Å². The molecule has 1 unspecified atom stereocenters. The van der Waals surface area contributed by atoms with Crippen molar-refractivity contribution >= 4 is 5.91 Å². The topological polar surface area (TPSA) is 55.6 Å². The lowest BCUT2D eigenvalue weighted by molar-refractivity contribution is -0.152. The molecule has 4 nitrogen and oxygen atoms in total. The molecule has 0 aromatic carbocycles. The Balaban J connectivity index is 2.53. The Kier molecular flexibility index (Phi) is 2.39. The molecular formula is C8H16N2O2. The van der Waals surface area contributed by atoms with Gasteiger partial charge >= 0.3 is 0 Å². The van der Waals surface area contributed by atoms with Crippen LogP contribution in [0.15, 0.2) is 0 Å². The van der Waals surface area contributed by atoms with Gasteiger partial charge in [0.15, 0.2) is 0 Å². The summed E-state index contributed by atoms with van der Waals surface area (Å²) in [6.07, 6.45) is 0. The van der Waals surface area contributed by atoms with Gasteiger partial charge < -0.3 is 15.4 Å². The smallest absolute Gasteiger partial charge is 0.241 e. The zero-order valence-electron chi connectivity index (χ0n) is 7.83. The van der Waals surface area contributed by atoms with E-state index < -0.39 is 0 Å². The first kappa shape index (κ1) is 9.48. The van der Waals surface area contributed by atoms with E-state index in [1.807, 2.05) is 13.8 Å². The summed E-state index contributed by atoms with van der Waals surface area (Å²) in [5.41, 5.74) is 5.25. The first-order valence-corrected chi connectivity index (χ1v) is 4.05. The number of rotatable bonds is 3. The normalized spacial score (nSPS) is 24.2. The predicted molar refractivity (Wildman–Crippen MR) is 45.6 cm³/mol. The summed E-state index contributed by atoms with van der Waals surface area (Å²) >= 11 is 0. The van der Waals surface area contributed by atoms with Gasteiger partial charge in [0.05, 0.1) is 12.1 Å². The molecule has 0 aliphatic carbocycles. The summed E-state index contributed by atoms with van der Waals surface area (Å²) in [5.74, 6) is 0.0250. The highest BCUT2D eigenvalue weighted by Gasteiger charge is 2.42. The van der Waals surface area contributed by atoms with E-state index in [0.717, 1.165) is 0 Å². The van der Waals surface area contributed by atoms with E-state index in [0.29, 0.717) is 13.2 Å². The minimum absolute atomic E-state index is 0.0250. The largest absolute Gasteiger partial charge is 0.382 e. The zero-order chi connectivity index (χ0) is 9.35. The van der Waals surface area contributed by atoms with Crippen LogP contribution in [0.25, 0.3) is 0 Å². The first-order valence-electron chi connectivity index (χ1n) is 4.05. The molecule has 0 spiro atoms. The predicted octanol–water partition coefficient (Wildman–Crippen LogP) is -0.419. The van der Waals surface area contributed by atoms with Crippen molar-refractivity contribution in [3.8, 4) is 0 Å². The number of carbonyl (C=O) groups excluding carboxylic acids is 1. The summed E-state index contributed by atoms with van der Waals surface area (Å²) in [4.78, 5) is 13.0. The molecule has 0 radical (unpaired) electrons. The Morgan fingerprint density at radius 3 is 2.67 bits per heavy atom. The van der Waals surface area contributed by atoms with Crippen LogP contribution >= 0.6 is 0 Å². The third-order valence-corrected chi connectivity index (χ3v) is 2.19. The lowest BCUT2D eigenvalue weighted by Gasteiger charge is -2.47. The van der Waals surface area contributed by atoms with E-state index in [1.165, 1.54) is 0 Å². The molecule has 1 aliphatic rings. The van der Waals surface area contributed by atoms with Gasteiger partial charge in [-0.25, -0.2) is 0 Å². The van der Waals surface area contributed by atoms with E-state index in [4.69, 9.17) is 10.5 Å². The number of amides is 1. The molecule has 1 atom stereocenters. The number of β-lactam (4-membered cyclic amide) rings is 1. The number of carbonyl (C=O) groups is 1. The molecule has 1 saturated heterocycles. The van der Waals surface area contributed by atoms with E-state index in [2.05, 4.69) is 0 Å². The van der Waals surface area contributed by atoms with Crippen LogP contribution < -0.4 is 5.73 Å². The Bertz CT molecular complexity index is 191. The lowest BCUT2D eigenvalue weighted by Crippen LogP contribution is -2.68. The fourth-order valence-corrected chi connectivity index (χ4v) is 1.43. The van der Waals surface area contributed by atoms with Crippen molar-refractivity contribution in [2.45, 2.75) is 25.4 Å². The van der Waals surface area contributed by atoms with Crippen LogP contribution in [0.2, 0.25) is 0 Å². The van der Waals surface area contributed by atoms with Crippen LogP contribution in [0.4, 0.5) is 0 Å². The second-order valence-electron chi connectivity index (χ2n) is 3.80. The molecule has 0 bridgehead atoms. The fourth-order valence-electron chi connectivity index (χ4n) is 1.43. The van der Waals surface area contributed by atoms with Gasteiger partial charge in [-0.3, -0.25) is 4.79 Å². The second-order valence-corrected chi connectivity index (χ2v) is 3.80. The quantitative estimate of drug-likeness (QED) is 0.588. The summed E-state index contributed by atoms with van der Waals surface area (Å²) in [7, 11) is 1.63. The maximum atomic E-state index is 11.2.